The summed E-state index contributed by atoms with van der Waals surface area (Å²) in [6.07, 6.45) is 10.5. The zero-order valence-electron chi connectivity index (χ0n) is 22.4. The van der Waals surface area contributed by atoms with Crippen LogP contribution in [0.5, 0.6) is 0 Å². The van der Waals surface area contributed by atoms with Crippen LogP contribution in [0, 0.1) is 0 Å². The molecule has 0 spiro atoms. The van der Waals surface area contributed by atoms with Gasteiger partial charge in [0.05, 0.1) is 7.11 Å². The molecule has 0 rings (SSSR count). The topological polar surface area (TPSA) is 99.2 Å². The monoisotopic (exact) mass is 485 g/mol. The Morgan fingerprint density at radius 1 is 0.706 bits per heavy atom. The van der Waals surface area contributed by atoms with Crippen molar-refractivity contribution in [1.82, 2.24) is 4.90 Å². The van der Waals surface area contributed by atoms with Gasteiger partial charge >= 0.3 is 18.2 Å². The van der Waals surface area contributed by atoms with Gasteiger partial charge < -0.3 is 19.0 Å². The Hall–Kier alpha value is -2.12. The molecular weight excluding hydrogens is 438 g/mol. The maximum atomic E-state index is 12.8. The van der Waals surface area contributed by atoms with Crippen molar-refractivity contribution in [2.75, 3.05) is 7.11 Å². The van der Waals surface area contributed by atoms with Crippen molar-refractivity contribution in [1.29, 1.82) is 0 Å². The summed E-state index contributed by atoms with van der Waals surface area (Å²) in [4.78, 5) is 49.3. The second-order valence-corrected chi connectivity index (χ2v) is 10.6. The SMILES string of the molecule is COC(=O)[C@H](CCCCCCCCCCCCC=O)N(C(=O)OC(C)(C)C)C(=O)OC(C)(C)C. The predicted octanol–water partition coefficient (Wildman–Crippen LogP) is 6.58. The van der Waals surface area contributed by atoms with Gasteiger partial charge in [-0.3, -0.25) is 0 Å². The quantitative estimate of drug-likeness (QED) is 0.112. The van der Waals surface area contributed by atoms with Gasteiger partial charge in [0.15, 0.2) is 0 Å². The Bertz CT molecular complexity index is 592. The largest absolute Gasteiger partial charge is 0.467 e. The van der Waals surface area contributed by atoms with Gasteiger partial charge in [-0.25, -0.2) is 14.4 Å². The van der Waals surface area contributed by atoms with Crippen molar-refractivity contribution < 1.29 is 33.4 Å². The van der Waals surface area contributed by atoms with Crippen LogP contribution in [0.15, 0.2) is 0 Å². The first-order valence-electron chi connectivity index (χ1n) is 12.6. The van der Waals surface area contributed by atoms with Crippen molar-refractivity contribution in [2.45, 2.75) is 136 Å². The fourth-order valence-corrected chi connectivity index (χ4v) is 3.42. The van der Waals surface area contributed by atoms with Crippen LogP contribution in [0.3, 0.4) is 0 Å². The minimum Gasteiger partial charge on any atom is -0.467 e. The number of ether oxygens (including phenoxy) is 3. The molecule has 8 heteroatoms. The zero-order chi connectivity index (χ0) is 26.2. The number of esters is 1. The van der Waals surface area contributed by atoms with Crippen molar-refractivity contribution in [3.63, 3.8) is 0 Å². The van der Waals surface area contributed by atoms with E-state index in [4.69, 9.17) is 14.2 Å². The van der Waals surface area contributed by atoms with Crippen LogP contribution in [0.25, 0.3) is 0 Å². The highest BCUT2D eigenvalue weighted by Crippen LogP contribution is 2.21. The standard InChI is InChI=1S/C26H47NO7/c1-25(2,3)33-23(30)27(24(31)34-26(4,5)6)21(22(29)32-7)19-17-15-13-11-9-8-10-12-14-16-18-20-28/h20-21H,8-19H2,1-7H3/t21-/m0/s1. The van der Waals surface area contributed by atoms with Crippen LogP contribution in [0.2, 0.25) is 0 Å². The first kappa shape index (κ1) is 31.9. The predicted molar refractivity (Wildman–Crippen MR) is 132 cm³/mol. The van der Waals surface area contributed by atoms with Gasteiger partial charge in [-0.2, -0.15) is 4.90 Å². The normalized spacial score (nSPS) is 12.6. The van der Waals surface area contributed by atoms with Gasteiger partial charge in [0.1, 0.15) is 23.5 Å². The number of unbranched alkanes of at least 4 members (excludes halogenated alkanes) is 10. The van der Waals surface area contributed by atoms with Crippen LogP contribution >= 0.6 is 0 Å². The Labute approximate surface area is 206 Å². The summed E-state index contributed by atoms with van der Waals surface area (Å²) >= 11 is 0. The molecule has 0 bridgehead atoms. The molecule has 0 aromatic heterocycles. The van der Waals surface area contributed by atoms with E-state index in [1.807, 2.05) is 0 Å². The van der Waals surface area contributed by atoms with E-state index in [-0.39, 0.29) is 6.42 Å². The average Bonchev–Trinajstić information content (AvgIpc) is 2.70. The summed E-state index contributed by atoms with van der Waals surface area (Å²) in [7, 11) is 1.23. The minimum absolute atomic E-state index is 0.280. The smallest absolute Gasteiger partial charge is 0.420 e. The van der Waals surface area contributed by atoms with E-state index < -0.39 is 35.4 Å². The van der Waals surface area contributed by atoms with Gasteiger partial charge in [-0.15, -0.1) is 0 Å². The summed E-state index contributed by atoms with van der Waals surface area (Å²) in [5, 5.41) is 0. The lowest BCUT2D eigenvalue weighted by Crippen LogP contribution is -2.52. The second-order valence-electron chi connectivity index (χ2n) is 10.6. The number of aldehydes is 1. The lowest BCUT2D eigenvalue weighted by molar-refractivity contribution is -0.147. The Morgan fingerprint density at radius 2 is 1.09 bits per heavy atom. The highest BCUT2D eigenvalue weighted by atomic mass is 16.6. The third-order valence-electron chi connectivity index (χ3n) is 5.01. The summed E-state index contributed by atoms with van der Waals surface area (Å²) in [6.45, 7) is 10.1. The fourth-order valence-electron chi connectivity index (χ4n) is 3.42. The van der Waals surface area contributed by atoms with Crippen molar-refractivity contribution in [2.24, 2.45) is 0 Å². The van der Waals surface area contributed by atoms with Gasteiger partial charge in [0.25, 0.3) is 0 Å². The Balaban J connectivity index is 4.82. The molecular formula is C26H47NO7. The van der Waals surface area contributed by atoms with E-state index in [9.17, 15) is 19.2 Å². The number of hydrogen-bond donors (Lipinski definition) is 0. The summed E-state index contributed by atoms with van der Waals surface area (Å²) in [5.74, 6) is -0.675. The molecule has 0 saturated carbocycles. The molecule has 34 heavy (non-hydrogen) atoms. The first-order chi connectivity index (χ1) is 15.8. The molecule has 0 aromatic carbocycles. The van der Waals surface area contributed by atoms with E-state index in [2.05, 4.69) is 0 Å². The van der Waals surface area contributed by atoms with Gasteiger partial charge in [0.2, 0.25) is 0 Å². The number of methoxy groups -OCH3 is 1. The summed E-state index contributed by atoms with van der Waals surface area (Å²) in [5.41, 5.74) is -1.68. The molecule has 8 nitrogen and oxygen atoms in total. The molecule has 198 valence electrons. The van der Waals surface area contributed by atoms with E-state index in [0.717, 1.165) is 49.7 Å². The van der Waals surface area contributed by atoms with Gasteiger partial charge in [-0.05, 0) is 54.4 Å². The molecule has 0 saturated heterocycles. The number of nitrogens with zero attached hydrogens (tertiary/aromatic N) is 1. The molecule has 0 aliphatic carbocycles. The molecule has 0 fully saturated rings. The van der Waals surface area contributed by atoms with Crippen LogP contribution < -0.4 is 0 Å². The average molecular weight is 486 g/mol. The number of carbonyl (C=O) groups excluding carboxylic acids is 4. The molecule has 2 amide bonds. The van der Waals surface area contributed by atoms with E-state index in [1.165, 1.54) is 26.4 Å². The van der Waals surface area contributed by atoms with Gasteiger partial charge in [0, 0.05) is 6.42 Å². The van der Waals surface area contributed by atoms with E-state index >= 15 is 0 Å². The Kier molecular flexibility index (Phi) is 15.5. The Morgan fingerprint density at radius 3 is 1.44 bits per heavy atom. The lowest BCUT2D eigenvalue weighted by Gasteiger charge is -2.32. The third kappa shape index (κ3) is 15.7. The van der Waals surface area contributed by atoms with E-state index in [0.29, 0.717) is 12.8 Å². The van der Waals surface area contributed by atoms with Gasteiger partial charge in [-0.1, -0.05) is 57.8 Å². The molecule has 1 atom stereocenters. The number of amides is 2. The molecule has 0 radical (unpaired) electrons. The van der Waals surface area contributed by atoms with Crippen LogP contribution in [-0.4, -0.2) is 53.7 Å². The molecule has 0 aliphatic rings. The van der Waals surface area contributed by atoms with E-state index in [1.54, 1.807) is 41.5 Å². The summed E-state index contributed by atoms with van der Waals surface area (Å²) < 4.78 is 15.7. The van der Waals surface area contributed by atoms with Crippen LogP contribution in [0.4, 0.5) is 9.59 Å². The van der Waals surface area contributed by atoms with Crippen LogP contribution in [0.1, 0.15) is 119 Å². The molecule has 0 aromatic rings. The van der Waals surface area contributed by atoms with Crippen molar-refractivity contribution in [3.8, 4) is 0 Å². The third-order valence-corrected chi connectivity index (χ3v) is 5.01. The maximum Gasteiger partial charge on any atom is 0.420 e. The number of imide groups is 1. The maximum absolute atomic E-state index is 12.8. The molecule has 0 N–H and O–H groups in total. The second kappa shape index (κ2) is 16.5. The lowest BCUT2D eigenvalue weighted by atomic mass is 10.0. The zero-order valence-corrected chi connectivity index (χ0v) is 22.4. The van der Waals surface area contributed by atoms with Crippen molar-refractivity contribution in [3.05, 3.63) is 0 Å². The molecule has 0 unspecified atom stereocenters. The number of hydrogen-bond acceptors (Lipinski definition) is 7. The highest BCUT2D eigenvalue weighted by Gasteiger charge is 2.40. The molecule has 0 heterocycles. The molecule has 0 aliphatic heterocycles. The number of rotatable bonds is 15. The fraction of sp³-hybridized carbons (Fsp3) is 0.846. The number of carbonyl (C=O) groups is 4. The summed E-state index contributed by atoms with van der Waals surface area (Å²) in [6, 6.07) is -1.11. The highest BCUT2D eigenvalue weighted by molar-refractivity contribution is 5.94. The van der Waals surface area contributed by atoms with Crippen molar-refractivity contribution >= 4 is 24.4 Å². The minimum atomic E-state index is -1.11. The van der Waals surface area contributed by atoms with Crippen LogP contribution in [-0.2, 0) is 23.8 Å². The first-order valence-corrected chi connectivity index (χ1v) is 12.6.